The number of hydrogen-bond donors (Lipinski definition) is 1. The first-order chi connectivity index (χ1) is 9.74. The van der Waals surface area contributed by atoms with E-state index in [2.05, 4.69) is 24.3 Å². The first-order valence-electron chi connectivity index (χ1n) is 6.96. The molecule has 2 aromatic rings. The molecule has 21 heavy (non-hydrogen) atoms. The Balaban J connectivity index is 0.00000161. The Bertz CT molecular complexity index is 581. The van der Waals surface area contributed by atoms with Gasteiger partial charge in [-0.15, -0.1) is 12.4 Å². The minimum absolute atomic E-state index is 0. The fourth-order valence-electron chi connectivity index (χ4n) is 2.82. The van der Waals surface area contributed by atoms with Crippen molar-refractivity contribution in [1.29, 1.82) is 0 Å². The highest BCUT2D eigenvalue weighted by Gasteiger charge is 2.31. The highest BCUT2D eigenvalue weighted by molar-refractivity contribution is 7.97. The Labute approximate surface area is 134 Å². The molecule has 1 aliphatic heterocycles. The van der Waals surface area contributed by atoms with Crippen LogP contribution in [-0.2, 0) is 10.9 Å². The van der Waals surface area contributed by atoms with Crippen LogP contribution in [0.25, 0.3) is 0 Å². The zero-order valence-corrected chi connectivity index (χ0v) is 13.3. The predicted octanol–water partition coefficient (Wildman–Crippen LogP) is 3.44. The van der Waals surface area contributed by atoms with Crippen molar-refractivity contribution in [3.05, 3.63) is 54.1 Å². The van der Waals surface area contributed by atoms with Crippen molar-refractivity contribution < 1.29 is 10.2 Å². The summed E-state index contributed by atoms with van der Waals surface area (Å²) in [6.45, 7) is 0. The van der Waals surface area contributed by atoms with Crippen LogP contribution in [0.4, 0.5) is 0 Å². The molecule has 1 aliphatic rings. The molecule has 0 atom stereocenters. The number of phenols is 1. The predicted molar refractivity (Wildman–Crippen MR) is 88.6 cm³/mol. The van der Waals surface area contributed by atoms with E-state index in [0.29, 0.717) is 5.92 Å². The van der Waals surface area contributed by atoms with Crippen LogP contribution in [0.3, 0.4) is 0 Å². The molecule has 1 saturated heterocycles. The summed E-state index contributed by atoms with van der Waals surface area (Å²) >= 11 is 0. The van der Waals surface area contributed by atoms with Gasteiger partial charge < -0.3 is 10.2 Å². The Hall–Kier alpha value is -1.32. The summed E-state index contributed by atoms with van der Waals surface area (Å²) in [5, 5.41) is 21.5. The van der Waals surface area contributed by atoms with E-state index in [-0.39, 0.29) is 34.8 Å². The highest BCUT2D eigenvalue weighted by Crippen LogP contribution is 2.35. The third kappa shape index (κ3) is 3.66. The Kier molecular flexibility index (Phi) is 5.43. The van der Waals surface area contributed by atoms with Crippen molar-refractivity contribution in [3.63, 3.8) is 0 Å². The minimum Gasteiger partial charge on any atom is -0.869 e. The fraction of sp³-hybridized carbons (Fsp3) is 0.294. The van der Waals surface area contributed by atoms with Crippen LogP contribution in [0, 0.1) is 0 Å². The molecule has 1 N–H and O–H groups in total. The lowest BCUT2D eigenvalue weighted by Gasteiger charge is -2.24. The average Bonchev–Trinajstić information content (AvgIpc) is 2.51. The monoisotopic (exact) mass is 322 g/mol. The Morgan fingerprint density at radius 3 is 2.33 bits per heavy atom. The molecule has 3 rings (SSSR count). The Morgan fingerprint density at radius 2 is 1.67 bits per heavy atom. The Morgan fingerprint density at radius 1 is 1.00 bits per heavy atom. The van der Waals surface area contributed by atoms with Gasteiger partial charge in [0.2, 0.25) is 0 Å². The van der Waals surface area contributed by atoms with Gasteiger partial charge in [0.25, 0.3) is 0 Å². The molecule has 0 amide bonds. The smallest absolute Gasteiger partial charge is 0.150 e. The number of aromatic hydroxyl groups is 1. The van der Waals surface area contributed by atoms with E-state index in [4.69, 9.17) is 0 Å². The average molecular weight is 323 g/mol. The topological polar surface area (TPSA) is 43.3 Å². The number of hydrogen-bond acceptors (Lipinski definition) is 2. The summed E-state index contributed by atoms with van der Waals surface area (Å²) in [4.78, 5) is 0.816. The first kappa shape index (κ1) is 16.1. The summed E-state index contributed by atoms with van der Waals surface area (Å²) in [5.41, 5.74) is 1.41. The van der Waals surface area contributed by atoms with Crippen LogP contribution in [0.5, 0.6) is 11.5 Å². The second kappa shape index (κ2) is 7.10. The van der Waals surface area contributed by atoms with Gasteiger partial charge in [0.15, 0.2) is 4.90 Å². The largest absolute Gasteiger partial charge is 0.869 e. The lowest BCUT2D eigenvalue weighted by molar-refractivity contribution is -0.272. The second-order valence-electron chi connectivity index (χ2n) is 5.22. The van der Waals surface area contributed by atoms with Gasteiger partial charge in [-0.3, -0.25) is 0 Å². The molecule has 1 fully saturated rings. The quantitative estimate of drug-likeness (QED) is 0.861. The normalized spacial score (nSPS) is 21.5. The van der Waals surface area contributed by atoms with Gasteiger partial charge in [-0.25, -0.2) is 0 Å². The molecule has 2 aromatic carbocycles. The van der Waals surface area contributed by atoms with Crippen molar-refractivity contribution in [2.75, 3.05) is 11.5 Å². The zero-order chi connectivity index (χ0) is 13.9. The van der Waals surface area contributed by atoms with E-state index < -0.39 is 0 Å². The lowest BCUT2D eigenvalue weighted by atomic mass is 9.94. The van der Waals surface area contributed by atoms with Gasteiger partial charge in [0, 0.05) is 17.0 Å². The molecule has 1 heterocycles. The van der Waals surface area contributed by atoms with Crippen molar-refractivity contribution in [3.8, 4) is 11.5 Å². The standard InChI is InChI=1S/C17H18O2S.ClH/c18-15-6-7-16(19)17(12-15)20-10-8-14(9-11-20)13-4-2-1-3-5-13;/h1-7,12,14H,8-11H2,(H-,18,19);1H. The van der Waals surface area contributed by atoms with Crippen molar-refractivity contribution in [2.45, 2.75) is 23.7 Å². The van der Waals surface area contributed by atoms with Gasteiger partial charge in [0.05, 0.1) is 0 Å². The summed E-state index contributed by atoms with van der Waals surface area (Å²) < 4.78 is 0. The third-order valence-corrected chi connectivity index (χ3v) is 6.33. The van der Waals surface area contributed by atoms with Crippen LogP contribution < -0.4 is 5.11 Å². The first-order valence-corrected chi connectivity index (χ1v) is 8.53. The van der Waals surface area contributed by atoms with Crippen LogP contribution in [0.15, 0.2) is 53.4 Å². The zero-order valence-electron chi connectivity index (χ0n) is 11.7. The molecule has 0 aliphatic carbocycles. The molecule has 0 aromatic heterocycles. The maximum absolute atomic E-state index is 11.9. The van der Waals surface area contributed by atoms with Gasteiger partial charge in [0.1, 0.15) is 17.3 Å². The SMILES string of the molecule is Cl.[O-]c1ccc(O)cc1[S+]1CCC(c2ccccc2)CC1. The molecule has 0 unspecified atom stereocenters. The van der Waals surface area contributed by atoms with Gasteiger partial charge in [-0.05, 0) is 30.4 Å². The minimum atomic E-state index is 0. The summed E-state index contributed by atoms with van der Waals surface area (Å²) in [6, 6.07) is 15.3. The molecule has 2 nitrogen and oxygen atoms in total. The number of halogens is 1. The van der Waals surface area contributed by atoms with Crippen molar-refractivity contribution in [1.82, 2.24) is 0 Å². The second-order valence-corrected chi connectivity index (χ2v) is 7.46. The molecule has 0 saturated carbocycles. The van der Waals surface area contributed by atoms with E-state index in [1.165, 1.54) is 17.7 Å². The molecule has 0 spiro atoms. The molecular formula is C17H19ClO2S. The number of rotatable bonds is 2. The fourth-order valence-corrected chi connectivity index (χ4v) is 5.24. The van der Waals surface area contributed by atoms with E-state index in [9.17, 15) is 10.2 Å². The van der Waals surface area contributed by atoms with Crippen LogP contribution in [-0.4, -0.2) is 16.6 Å². The van der Waals surface area contributed by atoms with Gasteiger partial charge in [-0.2, -0.15) is 0 Å². The van der Waals surface area contributed by atoms with Crippen LogP contribution >= 0.6 is 12.4 Å². The molecule has 0 radical (unpaired) electrons. The van der Waals surface area contributed by atoms with Gasteiger partial charge >= 0.3 is 0 Å². The molecule has 112 valence electrons. The molecular weight excluding hydrogens is 304 g/mol. The maximum Gasteiger partial charge on any atom is 0.150 e. The van der Waals surface area contributed by atoms with Crippen LogP contribution in [0.2, 0.25) is 0 Å². The number of benzene rings is 2. The van der Waals surface area contributed by atoms with Crippen molar-refractivity contribution >= 4 is 23.3 Å². The molecule has 0 bridgehead atoms. The van der Waals surface area contributed by atoms with E-state index in [1.807, 2.05) is 6.07 Å². The third-order valence-electron chi connectivity index (χ3n) is 3.93. The van der Waals surface area contributed by atoms with Crippen molar-refractivity contribution in [2.24, 2.45) is 0 Å². The summed E-state index contributed by atoms with van der Waals surface area (Å²) in [6.07, 6.45) is 2.25. The van der Waals surface area contributed by atoms with Gasteiger partial charge in [-0.1, -0.05) is 42.1 Å². The highest BCUT2D eigenvalue weighted by atomic mass is 35.5. The van der Waals surface area contributed by atoms with E-state index in [0.717, 1.165) is 29.2 Å². The number of phenolic OH excluding ortho intramolecular Hbond substituents is 1. The summed E-state index contributed by atoms with van der Waals surface area (Å²) in [5.74, 6) is 3.00. The van der Waals surface area contributed by atoms with E-state index >= 15 is 0 Å². The maximum atomic E-state index is 11.9. The van der Waals surface area contributed by atoms with Crippen LogP contribution in [0.1, 0.15) is 24.3 Å². The van der Waals surface area contributed by atoms with E-state index in [1.54, 1.807) is 6.07 Å². The lowest BCUT2D eigenvalue weighted by Crippen LogP contribution is -2.23. The molecule has 4 heteroatoms. The summed E-state index contributed by atoms with van der Waals surface area (Å²) in [7, 11) is 0.00314.